The summed E-state index contributed by atoms with van der Waals surface area (Å²) >= 11 is 6.15. The van der Waals surface area contributed by atoms with Gasteiger partial charge >= 0.3 is 11.9 Å². The largest absolute Gasteiger partial charge is 0.424 e. The monoisotopic (exact) mass is 436 g/mol. The zero-order valence-corrected chi connectivity index (χ0v) is 18.8. The standard InChI is InChI=1S/C23H34ClN3O3/c1-15-7-6-12-27(15,22(29)21(28)17-8-4-3-5-9-17)23(30)26-14-18-13-19(24)10-11-20(18)16(2)25/h10-11,13,15-17,21,28H,3-9,12,14,25H2,1-2H3/p+1/t15-,16?,21-,27?/m1/s1. The summed E-state index contributed by atoms with van der Waals surface area (Å²) in [5, 5.41) is 14.4. The quantitative estimate of drug-likeness (QED) is 0.607. The van der Waals surface area contributed by atoms with Crippen LogP contribution in [0.3, 0.4) is 0 Å². The second kappa shape index (κ2) is 9.77. The molecule has 1 aromatic rings. The Kier molecular flexibility index (Phi) is 7.56. The van der Waals surface area contributed by atoms with Gasteiger partial charge in [0.15, 0.2) is 6.10 Å². The highest BCUT2D eigenvalue weighted by atomic mass is 35.5. The number of hydrogen-bond donors (Lipinski definition) is 3. The maximum atomic E-state index is 13.5. The van der Waals surface area contributed by atoms with Crippen molar-refractivity contribution in [3.63, 3.8) is 0 Å². The molecule has 0 aromatic heterocycles. The zero-order chi connectivity index (χ0) is 21.9. The molecule has 0 radical (unpaired) electrons. The predicted octanol–water partition coefficient (Wildman–Crippen LogP) is 4.04. The van der Waals surface area contributed by atoms with Gasteiger partial charge in [-0.1, -0.05) is 36.9 Å². The maximum absolute atomic E-state index is 13.5. The fraction of sp³-hybridized carbons (Fsp3) is 0.652. The number of aliphatic hydroxyl groups excluding tert-OH is 1. The van der Waals surface area contributed by atoms with Crippen molar-refractivity contribution in [1.29, 1.82) is 0 Å². The van der Waals surface area contributed by atoms with Crippen molar-refractivity contribution in [2.24, 2.45) is 11.7 Å². The molecule has 6 nitrogen and oxygen atoms in total. The topological polar surface area (TPSA) is 92.4 Å². The molecule has 1 aromatic carbocycles. The van der Waals surface area contributed by atoms with Gasteiger partial charge in [-0.2, -0.15) is 4.48 Å². The molecule has 1 aliphatic carbocycles. The average molecular weight is 437 g/mol. The number of hydrogen-bond acceptors (Lipinski definition) is 4. The van der Waals surface area contributed by atoms with Crippen LogP contribution in [0.15, 0.2) is 18.2 Å². The minimum Gasteiger partial charge on any atom is -0.379 e. The van der Waals surface area contributed by atoms with Crippen molar-refractivity contribution >= 4 is 23.5 Å². The molecule has 30 heavy (non-hydrogen) atoms. The summed E-state index contributed by atoms with van der Waals surface area (Å²) in [4.78, 5) is 26.9. The molecule has 0 spiro atoms. The van der Waals surface area contributed by atoms with Crippen molar-refractivity contribution in [2.75, 3.05) is 6.54 Å². The van der Waals surface area contributed by atoms with Crippen LogP contribution in [-0.2, 0) is 11.3 Å². The molecule has 1 heterocycles. The molecule has 4 atom stereocenters. The van der Waals surface area contributed by atoms with E-state index in [1.807, 2.05) is 19.9 Å². The lowest BCUT2D eigenvalue weighted by molar-refractivity contribution is -0.787. The van der Waals surface area contributed by atoms with Crippen LogP contribution in [0.25, 0.3) is 0 Å². The van der Waals surface area contributed by atoms with Gasteiger partial charge in [0.1, 0.15) is 6.04 Å². The number of carbonyl (C=O) groups excluding carboxylic acids is 2. The van der Waals surface area contributed by atoms with Crippen molar-refractivity contribution < 1.29 is 19.2 Å². The van der Waals surface area contributed by atoms with Crippen molar-refractivity contribution in [2.45, 2.75) is 83.5 Å². The lowest BCUT2D eigenvalue weighted by Gasteiger charge is -2.36. The number of aliphatic hydroxyl groups is 1. The third kappa shape index (κ3) is 4.57. The number of quaternary nitrogens is 1. The Morgan fingerprint density at radius 1 is 1.23 bits per heavy atom. The van der Waals surface area contributed by atoms with E-state index in [0.717, 1.165) is 56.1 Å². The normalized spacial score (nSPS) is 26.9. The number of rotatable bonds is 5. The maximum Gasteiger partial charge on any atom is 0.424 e. The molecular formula is C23H35ClN3O3+. The molecule has 166 valence electrons. The second-order valence-corrected chi connectivity index (χ2v) is 9.49. The number of amides is 3. The highest BCUT2D eigenvalue weighted by Gasteiger charge is 2.55. The van der Waals surface area contributed by atoms with Gasteiger partial charge < -0.3 is 16.2 Å². The van der Waals surface area contributed by atoms with Crippen LogP contribution >= 0.6 is 11.6 Å². The molecule has 2 aliphatic rings. The SMILES string of the molecule is CC(N)c1ccc(Cl)cc1CNC(=O)[N+]1(C(=O)[C@H](O)C2CCCCC2)CCC[C@H]1C. The first-order chi connectivity index (χ1) is 14.3. The third-order valence-corrected chi connectivity index (χ3v) is 7.25. The Bertz CT molecular complexity index is 779. The number of nitrogens with zero attached hydrogens (tertiary/aromatic N) is 1. The first-order valence-corrected chi connectivity index (χ1v) is 11.6. The lowest BCUT2D eigenvalue weighted by Crippen LogP contribution is -2.66. The van der Waals surface area contributed by atoms with Crippen LogP contribution in [0.2, 0.25) is 5.02 Å². The van der Waals surface area contributed by atoms with E-state index in [4.69, 9.17) is 17.3 Å². The summed E-state index contributed by atoms with van der Waals surface area (Å²) in [5.41, 5.74) is 7.82. The summed E-state index contributed by atoms with van der Waals surface area (Å²) < 4.78 is -0.314. The van der Waals surface area contributed by atoms with E-state index in [1.165, 1.54) is 0 Å². The van der Waals surface area contributed by atoms with Crippen molar-refractivity contribution in [3.05, 3.63) is 34.3 Å². The summed E-state index contributed by atoms with van der Waals surface area (Å²) in [6.45, 7) is 4.50. The van der Waals surface area contributed by atoms with Crippen LogP contribution in [0.1, 0.15) is 76.0 Å². The summed E-state index contributed by atoms with van der Waals surface area (Å²) in [6.07, 6.45) is 5.42. The third-order valence-electron chi connectivity index (χ3n) is 7.02. The van der Waals surface area contributed by atoms with Crippen LogP contribution < -0.4 is 11.1 Å². The molecule has 7 heteroatoms. The number of halogens is 1. The lowest BCUT2D eigenvalue weighted by atomic mass is 9.84. The van der Waals surface area contributed by atoms with E-state index in [1.54, 1.807) is 12.1 Å². The van der Waals surface area contributed by atoms with Gasteiger partial charge in [0, 0.05) is 30.5 Å². The molecule has 3 amide bonds. The number of nitrogens with two attached hydrogens (primary N) is 1. The number of benzene rings is 1. The van der Waals surface area contributed by atoms with Crippen LogP contribution in [0.5, 0.6) is 0 Å². The number of carbonyl (C=O) groups is 2. The Morgan fingerprint density at radius 2 is 1.93 bits per heavy atom. The van der Waals surface area contributed by atoms with Gasteiger partial charge in [-0.3, -0.25) is 0 Å². The zero-order valence-electron chi connectivity index (χ0n) is 18.1. The summed E-state index contributed by atoms with van der Waals surface area (Å²) in [6, 6.07) is 4.77. The average Bonchev–Trinajstić information content (AvgIpc) is 3.13. The van der Waals surface area contributed by atoms with Gasteiger partial charge in [-0.15, -0.1) is 0 Å². The van der Waals surface area contributed by atoms with Gasteiger partial charge in [0.2, 0.25) is 0 Å². The molecule has 3 rings (SSSR count). The fourth-order valence-electron chi connectivity index (χ4n) is 5.18. The number of likely N-dealkylation sites (tertiary alicyclic amines) is 1. The van der Waals surface area contributed by atoms with Crippen LogP contribution in [0.4, 0.5) is 4.79 Å². The van der Waals surface area contributed by atoms with Crippen LogP contribution in [-0.4, -0.2) is 40.2 Å². The fourth-order valence-corrected chi connectivity index (χ4v) is 5.37. The Hall–Kier alpha value is -1.47. The first kappa shape index (κ1) is 23.2. The van der Waals surface area contributed by atoms with E-state index in [-0.39, 0.29) is 41.0 Å². The molecular weight excluding hydrogens is 402 g/mol. The summed E-state index contributed by atoms with van der Waals surface area (Å²) in [5.74, 6) is -0.387. The van der Waals surface area contributed by atoms with Crippen LogP contribution in [0, 0.1) is 5.92 Å². The predicted molar refractivity (Wildman–Crippen MR) is 118 cm³/mol. The van der Waals surface area contributed by atoms with E-state index < -0.39 is 6.10 Å². The number of urea groups is 1. The molecule has 4 N–H and O–H groups in total. The molecule has 2 fully saturated rings. The molecule has 1 saturated heterocycles. The molecule has 1 aliphatic heterocycles. The highest BCUT2D eigenvalue weighted by Crippen LogP contribution is 2.34. The highest BCUT2D eigenvalue weighted by molar-refractivity contribution is 6.30. The van der Waals surface area contributed by atoms with E-state index in [2.05, 4.69) is 5.32 Å². The molecule has 2 unspecified atom stereocenters. The van der Waals surface area contributed by atoms with Gasteiger partial charge in [-0.25, -0.2) is 9.59 Å². The Labute approximate surface area is 184 Å². The Balaban J connectivity index is 1.80. The Morgan fingerprint density at radius 3 is 2.53 bits per heavy atom. The van der Waals surface area contributed by atoms with Crippen molar-refractivity contribution in [1.82, 2.24) is 5.32 Å². The van der Waals surface area contributed by atoms with Gasteiger partial charge in [0.25, 0.3) is 0 Å². The number of nitrogens with one attached hydrogen (secondary N) is 1. The summed E-state index contributed by atoms with van der Waals surface area (Å²) in [7, 11) is 0. The smallest absolute Gasteiger partial charge is 0.379 e. The van der Waals surface area contributed by atoms with E-state index in [0.29, 0.717) is 11.6 Å². The van der Waals surface area contributed by atoms with Crippen molar-refractivity contribution in [3.8, 4) is 0 Å². The van der Waals surface area contributed by atoms with E-state index >= 15 is 0 Å². The second-order valence-electron chi connectivity index (χ2n) is 9.06. The number of imide groups is 1. The minimum atomic E-state index is -1.08. The van der Waals surface area contributed by atoms with E-state index in [9.17, 15) is 14.7 Å². The van der Waals surface area contributed by atoms with Gasteiger partial charge in [-0.05, 0) is 55.9 Å². The minimum absolute atomic E-state index is 0.0422. The first-order valence-electron chi connectivity index (χ1n) is 11.2. The van der Waals surface area contributed by atoms with Gasteiger partial charge in [0.05, 0.1) is 6.54 Å². The molecule has 0 bridgehead atoms. The molecule has 1 saturated carbocycles.